The van der Waals surface area contributed by atoms with Gasteiger partial charge < -0.3 is 15.5 Å². The van der Waals surface area contributed by atoms with E-state index in [1.807, 2.05) is 18.9 Å². The van der Waals surface area contributed by atoms with Crippen molar-refractivity contribution in [2.75, 3.05) is 29.1 Å². The van der Waals surface area contributed by atoms with E-state index in [4.69, 9.17) is 0 Å². The summed E-state index contributed by atoms with van der Waals surface area (Å²) in [5.41, 5.74) is 1.54. The van der Waals surface area contributed by atoms with Gasteiger partial charge in [-0.1, -0.05) is 0 Å². The summed E-state index contributed by atoms with van der Waals surface area (Å²) in [5, 5.41) is 6.17. The van der Waals surface area contributed by atoms with Crippen LogP contribution in [0.3, 0.4) is 0 Å². The van der Waals surface area contributed by atoms with E-state index in [9.17, 15) is 4.79 Å². The number of carbonyl (C=O) groups excluding carboxylic acids is 1. The summed E-state index contributed by atoms with van der Waals surface area (Å²) in [5.74, 6) is 1.44. The Kier molecular flexibility index (Phi) is 2.57. The van der Waals surface area contributed by atoms with Gasteiger partial charge in [0.2, 0.25) is 11.9 Å². The predicted octanol–water partition coefficient (Wildman–Crippen LogP) is 1.14. The molecule has 0 spiro atoms. The second kappa shape index (κ2) is 4.12. The highest BCUT2D eigenvalue weighted by Gasteiger charge is 2.25. The molecule has 0 unspecified atom stereocenters. The van der Waals surface area contributed by atoms with Crippen molar-refractivity contribution >= 4 is 23.4 Å². The minimum absolute atomic E-state index is 0.0172. The van der Waals surface area contributed by atoms with E-state index in [2.05, 4.69) is 20.6 Å². The Hall–Kier alpha value is -1.85. The number of amides is 1. The third kappa shape index (κ3) is 1.87. The normalized spacial score (nSPS) is 19.0. The fourth-order valence-electron chi connectivity index (χ4n) is 2.25. The molecular formula is C12H17N5O. The van der Waals surface area contributed by atoms with E-state index in [0.29, 0.717) is 18.5 Å². The van der Waals surface area contributed by atoms with Crippen molar-refractivity contribution in [2.45, 2.75) is 32.2 Å². The van der Waals surface area contributed by atoms with Crippen molar-refractivity contribution in [1.29, 1.82) is 0 Å². The zero-order valence-corrected chi connectivity index (χ0v) is 10.7. The largest absolute Gasteiger partial charge is 0.351 e. The van der Waals surface area contributed by atoms with Crippen LogP contribution >= 0.6 is 0 Å². The first kappa shape index (κ1) is 11.3. The van der Waals surface area contributed by atoms with E-state index < -0.39 is 0 Å². The van der Waals surface area contributed by atoms with Crippen LogP contribution in [0.15, 0.2) is 0 Å². The van der Waals surface area contributed by atoms with Gasteiger partial charge in [0.1, 0.15) is 5.69 Å². The number of nitrogens with one attached hydrogen (secondary N) is 2. The number of hydrogen-bond donors (Lipinski definition) is 2. The average molecular weight is 247 g/mol. The first-order chi connectivity index (χ1) is 8.63. The molecule has 1 saturated carbocycles. The van der Waals surface area contributed by atoms with Crippen molar-refractivity contribution < 1.29 is 4.79 Å². The van der Waals surface area contributed by atoms with Gasteiger partial charge in [-0.15, -0.1) is 0 Å². The Bertz CT molecular complexity index is 497. The number of anilines is 3. The Morgan fingerprint density at radius 1 is 1.39 bits per heavy atom. The zero-order valence-electron chi connectivity index (χ0n) is 10.7. The Morgan fingerprint density at radius 2 is 2.17 bits per heavy atom. The number of hydrogen-bond acceptors (Lipinski definition) is 5. The van der Waals surface area contributed by atoms with Crippen LogP contribution in [0.25, 0.3) is 0 Å². The van der Waals surface area contributed by atoms with Crippen LogP contribution in [-0.4, -0.2) is 35.5 Å². The van der Waals surface area contributed by atoms with E-state index in [-0.39, 0.29) is 5.91 Å². The third-order valence-corrected chi connectivity index (χ3v) is 3.52. The van der Waals surface area contributed by atoms with Gasteiger partial charge in [-0.3, -0.25) is 4.79 Å². The summed E-state index contributed by atoms with van der Waals surface area (Å²) in [6, 6.07) is 0.505. The molecule has 1 aromatic rings. The van der Waals surface area contributed by atoms with Crippen LogP contribution < -0.4 is 15.5 Å². The molecular weight excluding hydrogens is 230 g/mol. The predicted molar refractivity (Wildman–Crippen MR) is 69.9 cm³/mol. The van der Waals surface area contributed by atoms with E-state index in [1.165, 1.54) is 19.3 Å². The SMILES string of the molecule is Cc1nc(NC2CCC2)nc2c1NC(=O)CN2C. The van der Waals surface area contributed by atoms with Crippen LogP contribution in [0, 0.1) is 6.92 Å². The molecule has 96 valence electrons. The maximum atomic E-state index is 11.5. The van der Waals surface area contributed by atoms with Gasteiger partial charge in [-0.25, -0.2) is 4.98 Å². The number of fused-ring (bicyclic) bond motifs is 1. The summed E-state index contributed by atoms with van der Waals surface area (Å²) in [4.78, 5) is 22.3. The monoisotopic (exact) mass is 247 g/mol. The summed E-state index contributed by atoms with van der Waals surface area (Å²) in [6.07, 6.45) is 3.65. The Labute approximate surface area is 106 Å². The van der Waals surface area contributed by atoms with E-state index in [1.54, 1.807) is 0 Å². The first-order valence-electron chi connectivity index (χ1n) is 6.29. The van der Waals surface area contributed by atoms with Crippen LogP contribution in [0.2, 0.25) is 0 Å². The second-order valence-electron chi connectivity index (χ2n) is 5.01. The topological polar surface area (TPSA) is 70.1 Å². The number of carbonyl (C=O) groups is 1. The van der Waals surface area contributed by atoms with Gasteiger partial charge in [0.05, 0.1) is 12.2 Å². The molecule has 3 rings (SSSR count). The average Bonchev–Trinajstić information content (AvgIpc) is 2.25. The number of rotatable bonds is 2. The molecule has 1 amide bonds. The summed E-state index contributed by atoms with van der Waals surface area (Å²) in [6.45, 7) is 2.23. The maximum absolute atomic E-state index is 11.5. The zero-order chi connectivity index (χ0) is 12.7. The fourth-order valence-corrected chi connectivity index (χ4v) is 2.25. The van der Waals surface area contributed by atoms with Crippen LogP contribution in [0.1, 0.15) is 25.0 Å². The van der Waals surface area contributed by atoms with Crippen molar-refractivity contribution in [3.05, 3.63) is 5.69 Å². The lowest BCUT2D eigenvalue weighted by Crippen LogP contribution is -2.37. The molecule has 0 atom stereocenters. The number of aryl methyl sites for hydroxylation is 1. The fraction of sp³-hybridized carbons (Fsp3) is 0.583. The molecule has 6 nitrogen and oxygen atoms in total. The molecule has 2 heterocycles. The molecule has 0 aromatic carbocycles. The summed E-state index contributed by atoms with van der Waals surface area (Å²) in [7, 11) is 1.87. The van der Waals surface area contributed by atoms with Crippen molar-refractivity contribution in [1.82, 2.24) is 9.97 Å². The Morgan fingerprint density at radius 3 is 2.83 bits per heavy atom. The highest BCUT2D eigenvalue weighted by molar-refractivity contribution is 6.00. The second-order valence-corrected chi connectivity index (χ2v) is 5.01. The van der Waals surface area contributed by atoms with Gasteiger partial charge in [0.15, 0.2) is 5.82 Å². The van der Waals surface area contributed by atoms with Crippen LogP contribution in [0.4, 0.5) is 17.5 Å². The molecule has 18 heavy (non-hydrogen) atoms. The molecule has 0 radical (unpaired) electrons. The van der Waals surface area contributed by atoms with Gasteiger partial charge in [-0.05, 0) is 26.2 Å². The van der Waals surface area contributed by atoms with Crippen molar-refractivity contribution in [3.8, 4) is 0 Å². The molecule has 2 N–H and O–H groups in total. The van der Waals surface area contributed by atoms with Gasteiger partial charge in [0, 0.05) is 13.1 Å². The lowest BCUT2D eigenvalue weighted by molar-refractivity contribution is -0.115. The molecule has 6 heteroatoms. The van der Waals surface area contributed by atoms with Gasteiger partial charge >= 0.3 is 0 Å². The summed E-state index contributed by atoms with van der Waals surface area (Å²) >= 11 is 0. The third-order valence-electron chi connectivity index (χ3n) is 3.52. The quantitative estimate of drug-likeness (QED) is 0.820. The molecule has 1 aromatic heterocycles. The van der Waals surface area contributed by atoms with Gasteiger partial charge in [-0.2, -0.15) is 4.98 Å². The van der Waals surface area contributed by atoms with Crippen LogP contribution in [0.5, 0.6) is 0 Å². The van der Waals surface area contributed by atoms with Gasteiger partial charge in [0.25, 0.3) is 0 Å². The van der Waals surface area contributed by atoms with E-state index in [0.717, 1.165) is 17.2 Å². The highest BCUT2D eigenvalue weighted by atomic mass is 16.2. The minimum Gasteiger partial charge on any atom is -0.351 e. The lowest BCUT2D eigenvalue weighted by atomic mass is 9.93. The number of aromatic nitrogens is 2. The molecule has 1 aliphatic carbocycles. The lowest BCUT2D eigenvalue weighted by Gasteiger charge is -2.30. The standard InChI is InChI=1S/C12H17N5O/c1-7-10-11(17(2)6-9(18)15-10)16-12(13-7)14-8-4-3-5-8/h8H,3-6H2,1-2H3,(H,15,18)(H,13,14,16). The number of likely N-dealkylation sites (N-methyl/N-ethyl adjacent to an activating group) is 1. The van der Waals surface area contributed by atoms with Crippen molar-refractivity contribution in [3.63, 3.8) is 0 Å². The van der Waals surface area contributed by atoms with E-state index >= 15 is 0 Å². The summed E-state index contributed by atoms with van der Waals surface area (Å²) < 4.78 is 0. The minimum atomic E-state index is -0.0172. The molecule has 2 aliphatic rings. The molecule has 0 saturated heterocycles. The molecule has 1 aliphatic heterocycles. The Balaban J connectivity index is 1.92. The van der Waals surface area contributed by atoms with Crippen molar-refractivity contribution in [2.24, 2.45) is 0 Å². The molecule has 0 bridgehead atoms. The van der Waals surface area contributed by atoms with Crippen LogP contribution in [-0.2, 0) is 4.79 Å². The first-order valence-corrected chi connectivity index (χ1v) is 6.29. The smallest absolute Gasteiger partial charge is 0.244 e. The maximum Gasteiger partial charge on any atom is 0.244 e. The highest BCUT2D eigenvalue weighted by Crippen LogP contribution is 2.30. The molecule has 1 fully saturated rings. The number of nitrogens with zero attached hydrogens (tertiary/aromatic N) is 3.